The summed E-state index contributed by atoms with van der Waals surface area (Å²) in [7, 11) is 0. The molecule has 1 aromatic carbocycles. The summed E-state index contributed by atoms with van der Waals surface area (Å²) >= 11 is 0. The Kier molecular flexibility index (Phi) is 3.83. The second-order valence-electron chi connectivity index (χ2n) is 5.16. The number of carbonyl (C=O) groups excluding carboxylic acids is 1. The van der Waals surface area contributed by atoms with E-state index in [9.17, 15) is 4.79 Å². The van der Waals surface area contributed by atoms with Gasteiger partial charge in [-0.25, -0.2) is 0 Å². The molecule has 1 aliphatic heterocycles. The van der Waals surface area contributed by atoms with Crippen LogP contribution in [0.2, 0.25) is 0 Å². The minimum absolute atomic E-state index is 0.141. The molecule has 2 heterocycles. The third-order valence-corrected chi connectivity index (χ3v) is 3.78. The normalized spacial score (nSPS) is 16.3. The quantitative estimate of drug-likeness (QED) is 0.897. The molecule has 1 saturated heterocycles. The Labute approximate surface area is 118 Å². The van der Waals surface area contributed by atoms with Gasteiger partial charge in [0.1, 0.15) is 6.54 Å². The third-order valence-electron chi connectivity index (χ3n) is 3.78. The predicted octanol–water partition coefficient (Wildman–Crippen LogP) is 0.820. The van der Waals surface area contributed by atoms with Gasteiger partial charge >= 0.3 is 0 Å². The molecule has 1 N–H and O–H groups in total. The van der Waals surface area contributed by atoms with Crippen molar-refractivity contribution in [3.63, 3.8) is 0 Å². The average molecular weight is 271 g/mol. The number of furan rings is 1. The maximum atomic E-state index is 12.3. The molecule has 0 aliphatic carbocycles. The van der Waals surface area contributed by atoms with E-state index in [2.05, 4.69) is 0 Å². The Morgan fingerprint density at radius 2 is 1.85 bits per heavy atom. The maximum Gasteiger partial charge on any atom is 0.254 e. The molecule has 1 fully saturated rings. The van der Waals surface area contributed by atoms with E-state index in [1.165, 1.54) is 4.90 Å². The van der Waals surface area contributed by atoms with Gasteiger partial charge in [-0.05, 0) is 24.3 Å². The Hall–Kier alpha value is -2.07. The van der Waals surface area contributed by atoms with E-state index in [0.717, 1.165) is 44.0 Å². The second-order valence-corrected chi connectivity index (χ2v) is 5.16. The van der Waals surface area contributed by atoms with Crippen LogP contribution >= 0.6 is 0 Å². The van der Waals surface area contributed by atoms with E-state index >= 15 is 0 Å². The van der Waals surface area contributed by atoms with Crippen LogP contribution in [0.5, 0.6) is 0 Å². The summed E-state index contributed by atoms with van der Waals surface area (Å²) in [5.41, 5.74) is 0.780. The lowest BCUT2D eigenvalue weighted by atomic mass is 10.2. The Bertz CT molecular complexity index is 543. The van der Waals surface area contributed by atoms with Crippen LogP contribution in [0.15, 0.2) is 53.1 Å². The van der Waals surface area contributed by atoms with Gasteiger partial charge < -0.3 is 14.2 Å². The van der Waals surface area contributed by atoms with Crippen LogP contribution < -0.4 is 4.90 Å². The van der Waals surface area contributed by atoms with Gasteiger partial charge in [-0.1, -0.05) is 18.2 Å². The van der Waals surface area contributed by atoms with Crippen molar-refractivity contribution in [3.05, 3.63) is 60.1 Å². The summed E-state index contributed by atoms with van der Waals surface area (Å²) in [6, 6.07) is 13.4. The number of piperazine rings is 1. The molecule has 0 atom stereocenters. The van der Waals surface area contributed by atoms with Crippen LogP contribution in [0.25, 0.3) is 0 Å². The smallest absolute Gasteiger partial charge is 0.254 e. The Morgan fingerprint density at radius 1 is 1.10 bits per heavy atom. The Balaban J connectivity index is 1.55. The lowest BCUT2D eigenvalue weighted by Crippen LogP contribution is -3.13. The van der Waals surface area contributed by atoms with Crippen LogP contribution in [0.1, 0.15) is 16.1 Å². The lowest BCUT2D eigenvalue weighted by Gasteiger charge is -2.31. The summed E-state index contributed by atoms with van der Waals surface area (Å²) in [6.45, 7) is 4.46. The molecule has 1 aliphatic rings. The second kappa shape index (κ2) is 5.92. The van der Waals surface area contributed by atoms with Crippen molar-refractivity contribution in [2.75, 3.05) is 26.2 Å². The van der Waals surface area contributed by atoms with Crippen molar-refractivity contribution < 1.29 is 14.1 Å². The summed E-state index contributed by atoms with van der Waals surface area (Å²) in [4.78, 5) is 15.7. The number of nitrogens with zero attached hydrogens (tertiary/aromatic N) is 1. The largest absolute Gasteiger partial charge is 0.463 e. The van der Waals surface area contributed by atoms with E-state index in [-0.39, 0.29) is 5.91 Å². The van der Waals surface area contributed by atoms with Gasteiger partial charge in [0.25, 0.3) is 5.91 Å². The van der Waals surface area contributed by atoms with Gasteiger partial charge in [0.05, 0.1) is 32.4 Å². The number of rotatable bonds is 3. The van der Waals surface area contributed by atoms with Crippen molar-refractivity contribution in [2.45, 2.75) is 6.54 Å². The lowest BCUT2D eigenvalue weighted by molar-refractivity contribution is -0.918. The SMILES string of the molecule is O=C(c1ccccc1)N1CC[NH+](Cc2ccco2)CC1. The first-order valence-electron chi connectivity index (χ1n) is 7.03. The number of nitrogens with one attached hydrogen (secondary N) is 1. The van der Waals surface area contributed by atoms with Crippen molar-refractivity contribution in [1.82, 2.24) is 4.90 Å². The zero-order valence-electron chi connectivity index (χ0n) is 11.4. The highest BCUT2D eigenvalue weighted by Crippen LogP contribution is 2.05. The predicted molar refractivity (Wildman–Crippen MR) is 75.5 cm³/mol. The number of hydrogen-bond acceptors (Lipinski definition) is 2. The van der Waals surface area contributed by atoms with Crippen LogP contribution in [-0.2, 0) is 6.54 Å². The molecular weight excluding hydrogens is 252 g/mol. The van der Waals surface area contributed by atoms with Gasteiger partial charge in [0, 0.05) is 5.56 Å². The van der Waals surface area contributed by atoms with Gasteiger partial charge in [0.2, 0.25) is 0 Å². The summed E-state index contributed by atoms with van der Waals surface area (Å²) < 4.78 is 5.38. The maximum absolute atomic E-state index is 12.3. The zero-order valence-corrected chi connectivity index (χ0v) is 11.4. The monoisotopic (exact) mass is 271 g/mol. The summed E-state index contributed by atoms with van der Waals surface area (Å²) in [5.74, 6) is 1.16. The molecule has 3 rings (SSSR count). The van der Waals surface area contributed by atoms with Crippen LogP contribution in [0.3, 0.4) is 0 Å². The fraction of sp³-hybridized carbons (Fsp3) is 0.312. The molecule has 2 aromatic rings. The van der Waals surface area contributed by atoms with Crippen molar-refractivity contribution >= 4 is 5.91 Å². The molecule has 4 heteroatoms. The highest BCUT2D eigenvalue weighted by Gasteiger charge is 2.24. The number of quaternary nitrogens is 1. The number of hydrogen-bond donors (Lipinski definition) is 1. The fourth-order valence-corrected chi connectivity index (χ4v) is 2.63. The number of amides is 1. The Morgan fingerprint density at radius 3 is 2.50 bits per heavy atom. The first-order valence-corrected chi connectivity index (χ1v) is 7.03. The first kappa shape index (κ1) is 12.9. The number of carbonyl (C=O) groups is 1. The molecule has 104 valence electrons. The van der Waals surface area contributed by atoms with E-state index in [0.29, 0.717) is 0 Å². The summed E-state index contributed by atoms with van der Waals surface area (Å²) in [5, 5.41) is 0. The van der Waals surface area contributed by atoms with Crippen molar-refractivity contribution in [1.29, 1.82) is 0 Å². The van der Waals surface area contributed by atoms with E-state index in [1.54, 1.807) is 6.26 Å². The molecule has 0 unspecified atom stereocenters. The van der Waals surface area contributed by atoms with Gasteiger partial charge in [-0.15, -0.1) is 0 Å². The molecule has 4 nitrogen and oxygen atoms in total. The fourth-order valence-electron chi connectivity index (χ4n) is 2.63. The molecule has 1 amide bonds. The zero-order chi connectivity index (χ0) is 13.8. The van der Waals surface area contributed by atoms with E-state index in [4.69, 9.17) is 4.42 Å². The molecule has 0 radical (unpaired) electrons. The standard InChI is InChI=1S/C16H18N2O2/c19-16(14-5-2-1-3-6-14)18-10-8-17(9-11-18)13-15-7-4-12-20-15/h1-7,12H,8-11,13H2/p+1. The van der Waals surface area contributed by atoms with Crippen molar-refractivity contribution in [3.8, 4) is 0 Å². The van der Waals surface area contributed by atoms with Gasteiger partial charge in [-0.2, -0.15) is 0 Å². The minimum atomic E-state index is 0.141. The average Bonchev–Trinajstić information content (AvgIpc) is 3.01. The number of benzene rings is 1. The van der Waals surface area contributed by atoms with Crippen molar-refractivity contribution in [2.24, 2.45) is 0 Å². The van der Waals surface area contributed by atoms with Crippen LogP contribution in [-0.4, -0.2) is 37.0 Å². The molecule has 0 spiro atoms. The van der Waals surface area contributed by atoms with Crippen LogP contribution in [0, 0.1) is 0 Å². The van der Waals surface area contributed by atoms with Gasteiger partial charge in [-0.3, -0.25) is 4.79 Å². The summed E-state index contributed by atoms with van der Waals surface area (Å²) in [6.07, 6.45) is 1.71. The first-order chi connectivity index (χ1) is 9.83. The minimum Gasteiger partial charge on any atom is -0.463 e. The molecular formula is C16H19N2O2+. The molecule has 1 aromatic heterocycles. The van der Waals surface area contributed by atoms with E-state index in [1.807, 2.05) is 47.4 Å². The van der Waals surface area contributed by atoms with Gasteiger partial charge in [0.15, 0.2) is 5.76 Å². The highest BCUT2D eigenvalue weighted by molar-refractivity contribution is 5.94. The van der Waals surface area contributed by atoms with Crippen LogP contribution in [0.4, 0.5) is 0 Å². The third kappa shape index (κ3) is 2.91. The highest BCUT2D eigenvalue weighted by atomic mass is 16.3. The topological polar surface area (TPSA) is 37.9 Å². The van der Waals surface area contributed by atoms with E-state index < -0.39 is 0 Å². The molecule has 0 bridgehead atoms. The molecule has 0 saturated carbocycles. The molecule has 20 heavy (non-hydrogen) atoms.